The van der Waals surface area contributed by atoms with Gasteiger partial charge in [-0.1, -0.05) is 18.2 Å². The Balaban J connectivity index is 2.27. The average Bonchev–Trinajstić information content (AvgIpc) is 2.76. The summed E-state index contributed by atoms with van der Waals surface area (Å²) in [5, 5.41) is 10.7. The van der Waals surface area contributed by atoms with Gasteiger partial charge in [-0.3, -0.25) is 4.79 Å². The highest BCUT2D eigenvalue weighted by atomic mass is 16.3. The fraction of sp³-hybridized carbons (Fsp3) is 0.500. The molecule has 0 aliphatic carbocycles. The predicted octanol–water partition coefficient (Wildman–Crippen LogP) is 1.66. The van der Waals surface area contributed by atoms with Gasteiger partial charge in [0.1, 0.15) is 6.29 Å². The van der Waals surface area contributed by atoms with Crippen LogP contribution in [0, 0.1) is 5.92 Å². The third-order valence-electron chi connectivity index (χ3n) is 3.79. The molecule has 0 bridgehead atoms. The van der Waals surface area contributed by atoms with Crippen molar-refractivity contribution in [3.05, 3.63) is 35.4 Å². The summed E-state index contributed by atoms with van der Waals surface area (Å²) in [4.78, 5) is 13.0. The first-order chi connectivity index (χ1) is 8.04. The number of carbonyl (C=O) groups is 1. The van der Waals surface area contributed by atoms with E-state index in [0.29, 0.717) is 5.56 Å². The zero-order valence-electron chi connectivity index (χ0n) is 10.4. The van der Waals surface area contributed by atoms with E-state index in [1.165, 1.54) is 0 Å². The Morgan fingerprint density at radius 2 is 2.29 bits per heavy atom. The smallest absolute Gasteiger partial charge is 0.150 e. The molecular formula is C14H19NO2. The quantitative estimate of drug-likeness (QED) is 0.807. The molecule has 17 heavy (non-hydrogen) atoms. The van der Waals surface area contributed by atoms with E-state index in [9.17, 15) is 9.90 Å². The van der Waals surface area contributed by atoms with Gasteiger partial charge < -0.3 is 10.0 Å². The Bertz CT molecular complexity index is 414. The summed E-state index contributed by atoms with van der Waals surface area (Å²) in [5.41, 5.74) is 0.598. The van der Waals surface area contributed by atoms with Gasteiger partial charge in [-0.05, 0) is 38.6 Å². The number of hydrogen-bond donors (Lipinski definition) is 1. The maximum atomic E-state index is 10.8. The Labute approximate surface area is 102 Å². The Morgan fingerprint density at radius 1 is 1.53 bits per heavy atom. The SMILES string of the molecule is CN1CCC(C(C)(O)c2cccc(C=O)c2)C1. The first-order valence-corrected chi connectivity index (χ1v) is 6.00. The molecule has 0 aromatic heterocycles. The Morgan fingerprint density at radius 3 is 2.88 bits per heavy atom. The second kappa shape index (κ2) is 4.59. The summed E-state index contributed by atoms with van der Waals surface area (Å²) in [7, 11) is 2.07. The molecule has 92 valence electrons. The number of aliphatic hydroxyl groups is 1. The lowest BCUT2D eigenvalue weighted by Gasteiger charge is -2.30. The lowest BCUT2D eigenvalue weighted by molar-refractivity contribution is -0.00122. The molecule has 0 spiro atoms. The van der Waals surface area contributed by atoms with Gasteiger partial charge in [-0.25, -0.2) is 0 Å². The number of likely N-dealkylation sites (tertiary alicyclic amines) is 1. The molecule has 2 atom stereocenters. The van der Waals surface area contributed by atoms with E-state index >= 15 is 0 Å². The third-order valence-corrected chi connectivity index (χ3v) is 3.79. The zero-order valence-corrected chi connectivity index (χ0v) is 10.4. The molecule has 3 nitrogen and oxygen atoms in total. The molecule has 0 amide bonds. The molecule has 3 heteroatoms. The number of hydrogen-bond acceptors (Lipinski definition) is 3. The van der Waals surface area contributed by atoms with Gasteiger partial charge in [0.05, 0.1) is 5.60 Å². The van der Waals surface area contributed by atoms with Crippen LogP contribution in [0.5, 0.6) is 0 Å². The van der Waals surface area contributed by atoms with Crippen LogP contribution < -0.4 is 0 Å². The molecule has 1 fully saturated rings. The van der Waals surface area contributed by atoms with E-state index < -0.39 is 5.60 Å². The maximum absolute atomic E-state index is 10.8. The van der Waals surface area contributed by atoms with Crippen molar-refractivity contribution in [2.45, 2.75) is 18.9 Å². The standard InChI is InChI=1S/C14H19NO2/c1-14(17,13-6-7-15(2)9-13)12-5-3-4-11(8-12)10-16/h3-5,8,10,13,17H,6-7,9H2,1-2H3. The van der Waals surface area contributed by atoms with Crippen LogP contribution in [0.15, 0.2) is 24.3 Å². The summed E-state index contributed by atoms with van der Waals surface area (Å²) >= 11 is 0. The highest BCUT2D eigenvalue weighted by molar-refractivity contribution is 5.75. The first kappa shape index (κ1) is 12.3. The predicted molar refractivity (Wildman–Crippen MR) is 67.0 cm³/mol. The van der Waals surface area contributed by atoms with Crippen molar-refractivity contribution >= 4 is 6.29 Å². The van der Waals surface area contributed by atoms with Crippen molar-refractivity contribution in [1.29, 1.82) is 0 Å². The van der Waals surface area contributed by atoms with Crippen LogP contribution in [0.3, 0.4) is 0 Å². The van der Waals surface area contributed by atoms with Gasteiger partial charge in [0.15, 0.2) is 0 Å². The highest BCUT2D eigenvalue weighted by Gasteiger charge is 2.37. The number of rotatable bonds is 3. The molecule has 2 rings (SSSR count). The maximum Gasteiger partial charge on any atom is 0.150 e. The minimum atomic E-state index is -0.857. The first-order valence-electron chi connectivity index (χ1n) is 6.00. The molecule has 1 aromatic carbocycles. The van der Waals surface area contributed by atoms with E-state index in [1.807, 2.05) is 19.1 Å². The molecule has 1 N–H and O–H groups in total. The van der Waals surface area contributed by atoms with E-state index in [-0.39, 0.29) is 5.92 Å². The number of carbonyl (C=O) groups excluding carboxylic acids is 1. The van der Waals surface area contributed by atoms with Gasteiger partial charge >= 0.3 is 0 Å². The third kappa shape index (κ3) is 2.40. The number of nitrogens with zero attached hydrogens (tertiary/aromatic N) is 1. The van der Waals surface area contributed by atoms with Gasteiger partial charge in [0.25, 0.3) is 0 Å². The summed E-state index contributed by atoms with van der Waals surface area (Å²) in [5.74, 6) is 0.231. The van der Waals surface area contributed by atoms with Crippen molar-refractivity contribution in [3.8, 4) is 0 Å². The summed E-state index contributed by atoms with van der Waals surface area (Å²) in [6.45, 7) is 3.77. The van der Waals surface area contributed by atoms with Crippen LogP contribution in [0.4, 0.5) is 0 Å². The minimum absolute atomic E-state index is 0.231. The van der Waals surface area contributed by atoms with E-state index in [1.54, 1.807) is 12.1 Å². The second-order valence-corrected chi connectivity index (χ2v) is 5.14. The highest BCUT2D eigenvalue weighted by Crippen LogP contribution is 2.35. The van der Waals surface area contributed by atoms with E-state index in [2.05, 4.69) is 11.9 Å². The second-order valence-electron chi connectivity index (χ2n) is 5.14. The average molecular weight is 233 g/mol. The van der Waals surface area contributed by atoms with E-state index in [4.69, 9.17) is 0 Å². The lowest BCUT2D eigenvalue weighted by Crippen LogP contribution is -2.33. The van der Waals surface area contributed by atoms with Crippen LogP contribution >= 0.6 is 0 Å². The molecule has 1 aromatic rings. The number of benzene rings is 1. The van der Waals surface area contributed by atoms with Crippen LogP contribution in [0.25, 0.3) is 0 Å². The van der Waals surface area contributed by atoms with Crippen LogP contribution in [0.1, 0.15) is 29.3 Å². The van der Waals surface area contributed by atoms with Crippen molar-refractivity contribution in [1.82, 2.24) is 4.90 Å². The lowest BCUT2D eigenvalue weighted by atomic mass is 9.82. The Kier molecular flexibility index (Phi) is 3.31. The van der Waals surface area contributed by atoms with Gasteiger partial charge in [0.2, 0.25) is 0 Å². The molecule has 0 saturated carbocycles. The molecule has 1 saturated heterocycles. The minimum Gasteiger partial charge on any atom is -0.385 e. The van der Waals surface area contributed by atoms with Gasteiger partial charge in [-0.2, -0.15) is 0 Å². The summed E-state index contributed by atoms with van der Waals surface area (Å²) < 4.78 is 0. The normalized spacial score (nSPS) is 24.5. The summed E-state index contributed by atoms with van der Waals surface area (Å²) in [6, 6.07) is 7.26. The molecule has 1 aliphatic rings. The molecule has 1 heterocycles. The van der Waals surface area contributed by atoms with Crippen molar-refractivity contribution in [2.75, 3.05) is 20.1 Å². The van der Waals surface area contributed by atoms with Crippen LogP contribution in [-0.4, -0.2) is 36.4 Å². The topological polar surface area (TPSA) is 40.5 Å². The monoisotopic (exact) mass is 233 g/mol. The van der Waals surface area contributed by atoms with Crippen molar-refractivity contribution in [3.63, 3.8) is 0 Å². The zero-order chi connectivity index (χ0) is 12.5. The van der Waals surface area contributed by atoms with Gasteiger partial charge in [-0.15, -0.1) is 0 Å². The fourth-order valence-electron chi connectivity index (χ4n) is 2.56. The number of aldehydes is 1. The van der Waals surface area contributed by atoms with Crippen molar-refractivity contribution < 1.29 is 9.90 Å². The Hall–Kier alpha value is -1.19. The van der Waals surface area contributed by atoms with Crippen molar-refractivity contribution in [2.24, 2.45) is 5.92 Å². The van der Waals surface area contributed by atoms with Crippen LogP contribution in [-0.2, 0) is 5.60 Å². The molecule has 1 aliphatic heterocycles. The fourth-order valence-corrected chi connectivity index (χ4v) is 2.56. The molecular weight excluding hydrogens is 214 g/mol. The molecule has 2 unspecified atom stereocenters. The summed E-state index contributed by atoms with van der Waals surface area (Å²) in [6.07, 6.45) is 1.81. The van der Waals surface area contributed by atoms with E-state index in [0.717, 1.165) is 31.4 Å². The largest absolute Gasteiger partial charge is 0.385 e. The molecule has 0 radical (unpaired) electrons. The van der Waals surface area contributed by atoms with Crippen LogP contribution in [0.2, 0.25) is 0 Å². The van der Waals surface area contributed by atoms with Gasteiger partial charge in [0, 0.05) is 18.0 Å².